The fraction of sp³-hybridized carbons (Fsp3) is 0.391. The van der Waals surface area contributed by atoms with Crippen molar-refractivity contribution in [2.45, 2.75) is 56.8 Å². The van der Waals surface area contributed by atoms with Crippen molar-refractivity contribution in [1.82, 2.24) is 0 Å². The van der Waals surface area contributed by atoms with Crippen molar-refractivity contribution in [3.8, 4) is 0 Å². The number of benzene rings is 1. The maximum atomic E-state index is 2.78. The van der Waals surface area contributed by atoms with Crippen LogP contribution < -0.4 is 5.19 Å². The van der Waals surface area contributed by atoms with Crippen molar-refractivity contribution >= 4 is 52.9 Å². The molecule has 0 saturated carbocycles. The van der Waals surface area contributed by atoms with E-state index >= 15 is 0 Å². The summed E-state index contributed by atoms with van der Waals surface area (Å²) < 4.78 is 6.60. The van der Waals surface area contributed by atoms with Gasteiger partial charge in [0.05, 0.1) is 0 Å². The SMILES string of the molecule is C[Si](C)(C)C1=CC[C]([Hf]([CH3])([SiH2]c2ccccc2)[C]2=CC([Si](C)(C)C)=CC2)=C1.Cl.Cl. The van der Waals surface area contributed by atoms with E-state index in [0.29, 0.717) is 0 Å². The van der Waals surface area contributed by atoms with E-state index in [1.807, 2.05) is 6.66 Å². The smallest absolute Gasteiger partial charge is 0.147 e. The molecule has 0 spiro atoms. The average Bonchev–Trinajstić information content (AvgIpc) is 3.25. The Labute approximate surface area is 199 Å². The number of halogens is 2. The van der Waals surface area contributed by atoms with Gasteiger partial charge < -0.3 is 0 Å². The van der Waals surface area contributed by atoms with Crippen LogP contribution in [0.2, 0.25) is 44.0 Å². The van der Waals surface area contributed by atoms with E-state index in [0.717, 1.165) is 0 Å². The molecule has 0 heterocycles. The van der Waals surface area contributed by atoms with E-state index in [1.165, 1.54) is 12.8 Å². The van der Waals surface area contributed by atoms with Gasteiger partial charge in [0.15, 0.2) is 0 Å². The second-order valence-corrected chi connectivity index (χ2v) is 51.5. The van der Waals surface area contributed by atoms with Crippen LogP contribution in [0.4, 0.5) is 0 Å². The minimum Gasteiger partial charge on any atom is -0.147 e. The third-order valence-corrected chi connectivity index (χ3v) is 44.2. The van der Waals surface area contributed by atoms with Gasteiger partial charge in [-0.15, -0.1) is 24.8 Å². The summed E-state index contributed by atoms with van der Waals surface area (Å²) in [5.74, 6) is 0. The van der Waals surface area contributed by atoms with E-state index in [1.54, 1.807) is 15.6 Å². The number of hydrogen-bond donors (Lipinski definition) is 0. The molecule has 0 aromatic heterocycles. The number of rotatable bonds is 6. The first-order valence-corrected chi connectivity index (χ1v) is 33.6. The molecule has 0 nitrogen and oxygen atoms in total. The van der Waals surface area contributed by atoms with Gasteiger partial charge in [0, 0.05) is 0 Å². The molecule has 2 aliphatic carbocycles. The van der Waals surface area contributed by atoms with Crippen LogP contribution in [0.5, 0.6) is 0 Å². The Kier molecular flexibility index (Phi) is 9.67. The molecule has 0 amide bonds. The van der Waals surface area contributed by atoms with Crippen LogP contribution in [0.3, 0.4) is 0 Å². The Morgan fingerprint density at radius 3 is 1.48 bits per heavy atom. The molecule has 3 rings (SSSR count). The van der Waals surface area contributed by atoms with Crippen molar-refractivity contribution in [3.63, 3.8) is 0 Å². The number of hydrogen-bond acceptors (Lipinski definition) is 0. The van der Waals surface area contributed by atoms with E-state index < -0.39 is 35.3 Å². The monoisotopic (exact) mass is 648 g/mol. The van der Waals surface area contributed by atoms with Crippen LogP contribution in [0, 0.1) is 0 Å². The van der Waals surface area contributed by atoms with Gasteiger partial charge in [-0.1, -0.05) is 0 Å². The van der Waals surface area contributed by atoms with Gasteiger partial charge in [-0.3, -0.25) is 0 Å². The van der Waals surface area contributed by atoms with Gasteiger partial charge in [0.1, 0.15) is 0 Å². The van der Waals surface area contributed by atoms with Crippen molar-refractivity contribution in [3.05, 3.63) is 71.7 Å². The van der Waals surface area contributed by atoms with E-state index in [-0.39, 0.29) is 31.5 Å². The van der Waals surface area contributed by atoms with Crippen LogP contribution >= 0.6 is 24.8 Å². The fourth-order valence-corrected chi connectivity index (χ4v) is 38.9. The average molecular weight is 648 g/mol. The summed E-state index contributed by atoms with van der Waals surface area (Å²) in [6, 6.07) is 11.5. The summed E-state index contributed by atoms with van der Waals surface area (Å²) in [5.41, 5.74) is 0. The van der Waals surface area contributed by atoms with Gasteiger partial charge in [0.25, 0.3) is 0 Å². The zero-order valence-electron chi connectivity index (χ0n) is 19.1. The molecular weight excluding hydrogens is 610 g/mol. The Bertz CT molecular complexity index is 793. The Hall–Kier alpha value is 0.281. The van der Waals surface area contributed by atoms with Crippen LogP contribution in [0.25, 0.3) is 0 Å². The van der Waals surface area contributed by atoms with Crippen LogP contribution in [0.1, 0.15) is 12.8 Å². The van der Waals surface area contributed by atoms with E-state index in [2.05, 4.69) is 98.6 Å². The molecule has 6 heteroatoms. The molecule has 1 aromatic carbocycles. The second kappa shape index (κ2) is 10.3. The summed E-state index contributed by atoms with van der Waals surface area (Å²) >= 11 is -2.66. The van der Waals surface area contributed by atoms with Gasteiger partial charge in [-0.05, 0) is 0 Å². The zero-order valence-corrected chi connectivity index (χ0v) is 27.8. The third-order valence-electron chi connectivity index (χ3n) is 6.29. The quantitative estimate of drug-likeness (QED) is 0.305. The molecule has 2 aliphatic rings. The number of allylic oxidation sites excluding steroid dienone is 8. The summed E-state index contributed by atoms with van der Waals surface area (Å²) in [4.78, 5) is 0. The predicted octanol–water partition coefficient (Wildman–Crippen LogP) is 6.62. The maximum absolute atomic E-state index is 2.78. The minimum atomic E-state index is -2.66. The van der Waals surface area contributed by atoms with Crippen LogP contribution in [-0.2, 0) is 19.1 Å². The molecule has 0 aliphatic heterocycles. The first-order valence-electron chi connectivity index (χ1n) is 10.4. The van der Waals surface area contributed by atoms with Crippen LogP contribution in [-0.4, -0.2) is 22.9 Å². The summed E-state index contributed by atoms with van der Waals surface area (Å²) in [6.45, 7) is 14.8. The maximum Gasteiger partial charge on any atom is -0.147 e. The van der Waals surface area contributed by atoms with E-state index in [9.17, 15) is 0 Å². The predicted molar refractivity (Wildman–Crippen MR) is 143 cm³/mol. The molecule has 0 N–H and O–H groups in total. The molecule has 0 fully saturated rings. The van der Waals surface area contributed by atoms with Crippen molar-refractivity contribution < 1.29 is 19.1 Å². The van der Waals surface area contributed by atoms with Crippen molar-refractivity contribution in [1.29, 1.82) is 0 Å². The third kappa shape index (κ3) is 6.39. The van der Waals surface area contributed by atoms with E-state index in [4.69, 9.17) is 0 Å². The Morgan fingerprint density at radius 1 is 0.724 bits per heavy atom. The molecule has 29 heavy (non-hydrogen) atoms. The summed E-state index contributed by atoms with van der Waals surface area (Å²) in [6.07, 6.45) is 13.1. The second-order valence-electron chi connectivity index (χ2n) is 10.6. The summed E-state index contributed by atoms with van der Waals surface area (Å²) in [5, 5.41) is 5.11. The molecule has 0 atom stereocenters. The van der Waals surface area contributed by atoms with Gasteiger partial charge in [0.2, 0.25) is 0 Å². The molecule has 0 unspecified atom stereocenters. The molecule has 0 bridgehead atoms. The first kappa shape index (κ1) is 27.3. The minimum absolute atomic E-state index is 0. The van der Waals surface area contributed by atoms with Crippen LogP contribution in [0.15, 0.2) is 71.7 Å². The van der Waals surface area contributed by atoms with Gasteiger partial charge in [-0.25, -0.2) is 0 Å². The first-order chi connectivity index (χ1) is 12.5. The van der Waals surface area contributed by atoms with Gasteiger partial charge in [-0.2, -0.15) is 0 Å². The topological polar surface area (TPSA) is 0 Å². The largest absolute Gasteiger partial charge is 0.147 e. The standard InChI is InChI=1S/2C8H13Si.C6H7Si.CH3.2ClH.Hf/c2*1-9(2,3)8-6-4-5-7-8;7-6-4-2-1-3-5-6;;;;/h2*6-7H,4H2,1-3H3;1-5H,7H2;1H3;2*1H;. The Balaban J connectivity index is 0.00000210. The van der Waals surface area contributed by atoms with Crippen molar-refractivity contribution in [2.75, 3.05) is 0 Å². The zero-order chi connectivity index (χ0) is 19.9. The molecule has 0 radical (unpaired) electrons. The molecular formula is C23H38Cl2HfSi3. The summed E-state index contributed by atoms with van der Waals surface area (Å²) in [7, 11) is -2.42. The Morgan fingerprint density at radius 2 is 1.14 bits per heavy atom. The van der Waals surface area contributed by atoms with Gasteiger partial charge >= 0.3 is 176 Å². The molecule has 0 saturated heterocycles. The molecule has 160 valence electrons. The fourth-order valence-electron chi connectivity index (χ4n) is 4.30. The molecule has 1 aromatic rings. The normalized spacial score (nSPS) is 17.3. The van der Waals surface area contributed by atoms with Crippen molar-refractivity contribution in [2.24, 2.45) is 0 Å².